The predicted molar refractivity (Wildman–Crippen MR) is 95.9 cm³/mol. The molecule has 0 bridgehead atoms. The minimum Gasteiger partial charge on any atom is -0.772 e. The Balaban J connectivity index is 1.84. The van der Waals surface area contributed by atoms with Crippen LogP contribution in [0.3, 0.4) is 0 Å². The zero-order valence-electron chi connectivity index (χ0n) is 14.2. The van der Waals surface area contributed by atoms with E-state index in [1.165, 1.54) is 0 Å². The summed E-state index contributed by atoms with van der Waals surface area (Å²) in [7, 11) is 0. The molecule has 0 saturated heterocycles. The molecule has 2 unspecified atom stereocenters. The Hall–Kier alpha value is -2.42. The predicted octanol–water partition coefficient (Wildman–Crippen LogP) is 1.97. The molecule has 0 saturated carbocycles. The number of ether oxygens (including phenoxy) is 1. The van der Waals surface area contributed by atoms with Gasteiger partial charge in [-0.3, -0.25) is 14.2 Å². The molecule has 7 nitrogen and oxygen atoms in total. The van der Waals surface area contributed by atoms with E-state index in [2.05, 4.69) is 4.90 Å². The minimum atomic E-state index is -2.11. The van der Waals surface area contributed by atoms with E-state index >= 15 is 0 Å². The fourth-order valence-corrected chi connectivity index (χ4v) is 3.44. The van der Waals surface area contributed by atoms with E-state index in [1.807, 2.05) is 19.1 Å². The van der Waals surface area contributed by atoms with E-state index in [-0.39, 0.29) is 11.9 Å². The lowest BCUT2D eigenvalue weighted by atomic mass is 10.1. The van der Waals surface area contributed by atoms with Crippen molar-refractivity contribution >= 4 is 22.7 Å². The van der Waals surface area contributed by atoms with E-state index < -0.39 is 17.0 Å². The van der Waals surface area contributed by atoms with Gasteiger partial charge in [0.2, 0.25) is 0 Å². The topological polar surface area (TPSA) is 102 Å². The number of fused-ring (bicyclic) bond motifs is 1. The molecule has 2 N–H and O–H groups in total. The van der Waals surface area contributed by atoms with Gasteiger partial charge in [-0.05, 0) is 36.2 Å². The highest BCUT2D eigenvalue weighted by Crippen LogP contribution is 2.35. The van der Waals surface area contributed by atoms with Crippen molar-refractivity contribution < 1.29 is 23.5 Å². The maximum atomic E-state index is 11.7. The summed E-state index contributed by atoms with van der Waals surface area (Å²) in [6, 6.07) is 12.4. The molecule has 3 rings (SSSR count). The number of rotatable bonds is 5. The number of hydrogen-bond donors (Lipinski definition) is 2. The molecular weight excluding hydrogens is 356 g/mol. The molecule has 2 aromatic rings. The molecule has 138 valence electrons. The zero-order chi connectivity index (χ0) is 18.7. The first-order valence-corrected chi connectivity index (χ1v) is 9.34. The fraction of sp³-hybridized carbons (Fsp3) is 0.278. The number of hydrogen-bond acceptors (Lipinski definition) is 6. The Morgan fingerprint density at radius 2 is 2.00 bits per heavy atom. The van der Waals surface area contributed by atoms with Gasteiger partial charge in [0.1, 0.15) is 11.9 Å². The molecule has 1 aliphatic rings. The average molecular weight is 375 g/mol. The van der Waals surface area contributed by atoms with Crippen molar-refractivity contribution in [3.05, 3.63) is 59.2 Å². The summed E-state index contributed by atoms with van der Waals surface area (Å²) in [5.41, 5.74) is 4.49. The lowest BCUT2D eigenvalue weighted by Crippen LogP contribution is -2.38. The first-order valence-electron chi connectivity index (χ1n) is 8.10. The molecule has 0 radical (unpaired) electrons. The largest absolute Gasteiger partial charge is 0.772 e. The number of amides is 1. The van der Waals surface area contributed by atoms with Crippen LogP contribution in [0.15, 0.2) is 42.5 Å². The summed E-state index contributed by atoms with van der Waals surface area (Å²) in [4.78, 5) is 13.8. The smallest absolute Gasteiger partial charge is 0.274 e. The second-order valence-corrected chi connectivity index (χ2v) is 7.09. The van der Waals surface area contributed by atoms with Crippen molar-refractivity contribution in [2.45, 2.75) is 25.3 Å². The van der Waals surface area contributed by atoms with Crippen LogP contribution in [0.25, 0.3) is 0 Å². The molecule has 0 aromatic heterocycles. The van der Waals surface area contributed by atoms with Gasteiger partial charge in [0, 0.05) is 17.9 Å². The van der Waals surface area contributed by atoms with Gasteiger partial charge >= 0.3 is 0 Å². The Kier molecular flexibility index (Phi) is 5.55. The van der Waals surface area contributed by atoms with Crippen LogP contribution in [0.5, 0.6) is 5.75 Å². The number of hydroxylamine groups is 1. The van der Waals surface area contributed by atoms with E-state index in [9.17, 15) is 13.6 Å². The normalized spacial score (nSPS) is 17.2. The van der Waals surface area contributed by atoms with Crippen LogP contribution < -0.4 is 15.1 Å². The van der Waals surface area contributed by atoms with E-state index in [0.29, 0.717) is 24.4 Å². The van der Waals surface area contributed by atoms with Crippen LogP contribution in [0, 0.1) is 0 Å². The highest BCUT2D eigenvalue weighted by molar-refractivity contribution is 7.78. The number of nitrogens with one attached hydrogen (secondary N) is 1. The summed E-state index contributed by atoms with van der Waals surface area (Å²) >= 11 is -2.11. The Morgan fingerprint density at radius 3 is 2.65 bits per heavy atom. The molecule has 0 fully saturated rings. The van der Waals surface area contributed by atoms with Gasteiger partial charge < -0.3 is 14.2 Å². The summed E-state index contributed by atoms with van der Waals surface area (Å²) in [6.07, 6.45) is -0.0119. The van der Waals surface area contributed by atoms with E-state index in [1.54, 1.807) is 35.8 Å². The van der Waals surface area contributed by atoms with Crippen molar-refractivity contribution in [1.29, 1.82) is 0 Å². The van der Waals surface area contributed by atoms with Gasteiger partial charge in [-0.25, -0.2) is 5.48 Å². The molecular formula is C18H19N2O5S-. The van der Waals surface area contributed by atoms with Gasteiger partial charge in [0.05, 0.1) is 12.2 Å². The number of nitrogens with zero attached hydrogens (tertiary/aromatic N) is 1. The van der Waals surface area contributed by atoms with Crippen molar-refractivity contribution in [2.24, 2.45) is 0 Å². The molecule has 1 aliphatic heterocycles. The second-order valence-electron chi connectivity index (χ2n) is 6.20. The minimum absolute atomic E-state index is 0.00265. The van der Waals surface area contributed by atoms with Crippen LogP contribution in [0.2, 0.25) is 0 Å². The third-order valence-electron chi connectivity index (χ3n) is 4.15. The van der Waals surface area contributed by atoms with Crippen molar-refractivity contribution in [1.82, 2.24) is 5.48 Å². The maximum absolute atomic E-state index is 11.7. The zero-order valence-corrected chi connectivity index (χ0v) is 15.0. The molecule has 8 heteroatoms. The molecule has 1 heterocycles. The van der Waals surface area contributed by atoms with Gasteiger partial charge in [0.15, 0.2) is 0 Å². The van der Waals surface area contributed by atoms with Crippen LogP contribution in [0.1, 0.15) is 28.4 Å². The SMILES string of the molecule is CC1CN(Cc2ccc(CS(=O)[O-])cc2)c2cc(C(=O)NO)ccc2O1. The Labute approximate surface area is 153 Å². The number of carbonyl (C=O) groups is 1. The standard InChI is InChI=1S/C18H20N2O5S/c1-12-9-20(10-13-2-4-14(5-3-13)11-26(23)24)16-8-15(18(21)19-22)6-7-17(16)25-12/h2-8,12,22H,9-11H2,1H3,(H,19,21)(H,23,24)/p-1. The number of anilines is 1. The first-order chi connectivity index (χ1) is 12.5. The van der Waals surface area contributed by atoms with Crippen molar-refractivity contribution in [3.63, 3.8) is 0 Å². The number of carbonyl (C=O) groups excluding carboxylic acids is 1. The van der Waals surface area contributed by atoms with Gasteiger partial charge in [-0.1, -0.05) is 35.3 Å². The first kappa shape index (κ1) is 18.4. The van der Waals surface area contributed by atoms with E-state index in [4.69, 9.17) is 9.94 Å². The molecule has 2 aromatic carbocycles. The molecule has 0 spiro atoms. The number of benzene rings is 2. The maximum Gasteiger partial charge on any atom is 0.274 e. The third-order valence-corrected chi connectivity index (χ3v) is 4.72. The molecule has 2 atom stereocenters. The van der Waals surface area contributed by atoms with Gasteiger partial charge in [-0.2, -0.15) is 0 Å². The van der Waals surface area contributed by atoms with Crippen molar-refractivity contribution in [3.8, 4) is 5.75 Å². The lowest BCUT2D eigenvalue weighted by molar-refractivity contribution is 0.0706. The van der Waals surface area contributed by atoms with Crippen LogP contribution in [0.4, 0.5) is 5.69 Å². The Bertz CT molecular complexity index is 825. The molecule has 0 aliphatic carbocycles. The summed E-state index contributed by atoms with van der Waals surface area (Å²) < 4.78 is 27.4. The fourth-order valence-electron chi connectivity index (χ4n) is 2.98. The Morgan fingerprint density at radius 1 is 1.31 bits per heavy atom. The lowest BCUT2D eigenvalue weighted by Gasteiger charge is -2.35. The third kappa shape index (κ3) is 4.21. The molecule has 26 heavy (non-hydrogen) atoms. The second kappa shape index (κ2) is 7.86. The highest BCUT2D eigenvalue weighted by atomic mass is 32.2. The van der Waals surface area contributed by atoms with Gasteiger partial charge in [-0.15, -0.1) is 0 Å². The van der Waals surface area contributed by atoms with E-state index in [0.717, 1.165) is 16.8 Å². The van der Waals surface area contributed by atoms with Gasteiger partial charge in [0.25, 0.3) is 5.91 Å². The average Bonchev–Trinajstić information content (AvgIpc) is 2.62. The van der Waals surface area contributed by atoms with Crippen LogP contribution in [-0.2, 0) is 23.4 Å². The summed E-state index contributed by atoms with van der Waals surface area (Å²) in [6.45, 7) is 3.20. The summed E-state index contributed by atoms with van der Waals surface area (Å²) in [5, 5.41) is 8.84. The molecule has 1 amide bonds. The van der Waals surface area contributed by atoms with Crippen LogP contribution in [-0.4, -0.2) is 32.5 Å². The highest BCUT2D eigenvalue weighted by Gasteiger charge is 2.24. The summed E-state index contributed by atoms with van der Waals surface area (Å²) in [5.74, 6) is 0.0927. The monoisotopic (exact) mass is 375 g/mol. The quantitative estimate of drug-likeness (QED) is 0.471. The van der Waals surface area contributed by atoms with Crippen LogP contribution >= 0.6 is 0 Å². The van der Waals surface area contributed by atoms with Crippen molar-refractivity contribution in [2.75, 3.05) is 11.4 Å².